The van der Waals surface area contributed by atoms with Crippen molar-refractivity contribution in [1.82, 2.24) is 14.5 Å². The quantitative estimate of drug-likeness (QED) is 0.376. The number of aromatic nitrogens is 3. The molecule has 0 amide bonds. The van der Waals surface area contributed by atoms with Crippen LogP contribution in [0.2, 0.25) is 0 Å². The van der Waals surface area contributed by atoms with Crippen molar-refractivity contribution in [2.45, 2.75) is 18.9 Å². The van der Waals surface area contributed by atoms with Crippen molar-refractivity contribution >= 4 is 33.5 Å². The Bertz CT molecular complexity index is 1260. The Morgan fingerprint density at radius 2 is 1.83 bits per heavy atom. The maximum absolute atomic E-state index is 5.97. The Balaban J connectivity index is 1.52. The highest BCUT2D eigenvalue weighted by atomic mass is 32.1. The zero-order chi connectivity index (χ0) is 19.2. The lowest BCUT2D eigenvalue weighted by Crippen LogP contribution is -2.20. The molecule has 0 unspecified atom stereocenters. The molecule has 5 nitrogen and oxygen atoms in total. The second-order valence-electron chi connectivity index (χ2n) is 7.32. The van der Waals surface area contributed by atoms with E-state index < -0.39 is 0 Å². The zero-order valence-corrected chi connectivity index (χ0v) is 16.6. The van der Waals surface area contributed by atoms with Crippen LogP contribution < -0.4 is 0 Å². The molecule has 0 saturated carbocycles. The van der Waals surface area contributed by atoms with E-state index in [0.29, 0.717) is 11.9 Å². The molecule has 1 aliphatic rings. The Hall–Kier alpha value is -2.96. The molecular formula is C23H19N3O2S. The summed E-state index contributed by atoms with van der Waals surface area (Å²) in [5, 5.41) is 2.10. The number of imidazole rings is 1. The fourth-order valence-corrected chi connectivity index (χ4v) is 4.83. The van der Waals surface area contributed by atoms with Crippen LogP contribution in [0, 0.1) is 0 Å². The largest absolute Gasteiger partial charge is 0.436 e. The van der Waals surface area contributed by atoms with Gasteiger partial charge in [0.1, 0.15) is 5.52 Å². The molecule has 6 heteroatoms. The number of thiophene rings is 1. The van der Waals surface area contributed by atoms with E-state index in [1.54, 1.807) is 11.3 Å². The van der Waals surface area contributed by atoms with Crippen LogP contribution in [-0.2, 0) is 4.74 Å². The predicted octanol–water partition coefficient (Wildman–Crippen LogP) is 5.92. The van der Waals surface area contributed by atoms with E-state index >= 15 is 0 Å². The number of oxazole rings is 1. The van der Waals surface area contributed by atoms with Gasteiger partial charge in [0.05, 0.1) is 15.9 Å². The number of nitrogens with zero attached hydrogens (tertiary/aromatic N) is 3. The third-order valence-corrected chi connectivity index (χ3v) is 6.39. The van der Waals surface area contributed by atoms with Crippen LogP contribution in [0.15, 0.2) is 64.4 Å². The van der Waals surface area contributed by atoms with Gasteiger partial charge in [-0.25, -0.2) is 9.97 Å². The molecule has 1 saturated heterocycles. The highest BCUT2D eigenvalue weighted by Crippen LogP contribution is 2.36. The van der Waals surface area contributed by atoms with Crippen LogP contribution in [-0.4, -0.2) is 27.7 Å². The molecule has 2 aromatic carbocycles. The highest BCUT2D eigenvalue weighted by Gasteiger charge is 2.23. The van der Waals surface area contributed by atoms with Crippen molar-refractivity contribution < 1.29 is 9.15 Å². The lowest BCUT2D eigenvalue weighted by atomic mass is 10.1. The van der Waals surface area contributed by atoms with Gasteiger partial charge in [0.25, 0.3) is 0 Å². The van der Waals surface area contributed by atoms with Crippen LogP contribution in [0.3, 0.4) is 0 Å². The molecule has 4 heterocycles. The minimum Gasteiger partial charge on any atom is -0.436 e. The molecule has 5 aromatic rings. The number of hydrogen-bond donors (Lipinski definition) is 0. The molecule has 1 aliphatic heterocycles. The van der Waals surface area contributed by atoms with Gasteiger partial charge in [0, 0.05) is 24.8 Å². The monoisotopic (exact) mass is 401 g/mol. The maximum atomic E-state index is 5.97. The smallest absolute Gasteiger partial charge is 0.227 e. The average molecular weight is 401 g/mol. The standard InChI is InChI=1S/C23H19N3O2S/c1-2-5-20-17(4-1)25-23(28-20)15-7-8-19-18(14-15)24-22(21-6-3-13-29-21)26(19)16-9-11-27-12-10-16/h1-8,13-14,16H,9-12H2. The average Bonchev–Trinajstić information content (AvgIpc) is 3.51. The summed E-state index contributed by atoms with van der Waals surface area (Å²) in [7, 11) is 0. The number of hydrogen-bond acceptors (Lipinski definition) is 5. The van der Waals surface area contributed by atoms with Gasteiger partial charge < -0.3 is 13.7 Å². The van der Waals surface area contributed by atoms with Gasteiger partial charge in [-0.2, -0.15) is 0 Å². The summed E-state index contributed by atoms with van der Waals surface area (Å²) in [6.07, 6.45) is 2.02. The van der Waals surface area contributed by atoms with Crippen molar-refractivity contribution in [3.05, 3.63) is 60.0 Å². The summed E-state index contributed by atoms with van der Waals surface area (Å²) < 4.78 is 14.0. The van der Waals surface area contributed by atoms with Crippen LogP contribution in [0.25, 0.3) is 44.3 Å². The van der Waals surface area contributed by atoms with E-state index in [9.17, 15) is 0 Å². The normalized spacial score (nSPS) is 15.4. The molecule has 1 fully saturated rings. The highest BCUT2D eigenvalue weighted by molar-refractivity contribution is 7.13. The molecule has 0 bridgehead atoms. The summed E-state index contributed by atoms with van der Waals surface area (Å²) >= 11 is 1.73. The van der Waals surface area contributed by atoms with Crippen molar-refractivity contribution in [3.63, 3.8) is 0 Å². The first-order valence-electron chi connectivity index (χ1n) is 9.86. The van der Waals surface area contributed by atoms with Gasteiger partial charge in [-0.15, -0.1) is 11.3 Å². The number of benzene rings is 2. The topological polar surface area (TPSA) is 53.1 Å². The Kier molecular flexibility index (Phi) is 3.99. The van der Waals surface area contributed by atoms with Crippen molar-refractivity contribution in [2.24, 2.45) is 0 Å². The van der Waals surface area contributed by atoms with E-state index in [1.807, 2.05) is 24.3 Å². The summed E-state index contributed by atoms with van der Waals surface area (Å²) in [5.74, 6) is 1.67. The zero-order valence-electron chi connectivity index (χ0n) is 15.7. The SMILES string of the molecule is c1csc(-c2nc3cc(-c4nc5ccccc5o4)ccc3n2C2CCOCC2)c1. The van der Waals surface area contributed by atoms with Crippen LogP contribution in [0.4, 0.5) is 0 Å². The van der Waals surface area contributed by atoms with Crippen LogP contribution in [0.5, 0.6) is 0 Å². The predicted molar refractivity (Wildman–Crippen MR) is 115 cm³/mol. The molecule has 3 aromatic heterocycles. The van der Waals surface area contributed by atoms with Crippen molar-refractivity contribution in [1.29, 1.82) is 0 Å². The van der Waals surface area contributed by atoms with E-state index in [2.05, 4.69) is 45.3 Å². The first-order chi connectivity index (χ1) is 14.4. The van der Waals surface area contributed by atoms with Gasteiger partial charge in [-0.05, 0) is 54.6 Å². The van der Waals surface area contributed by atoms with Crippen LogP contribution in [0.1, 0.15) is 18.9 Å². The summed E-state index contributed by atoms with van der Waals surface area (Å²) in [6.45, 7) is 1.60. The lowest BCUT2D eigenvalue weighted by molar-refractivity contribution is 0.0710. The molecule has 6 rings (SSSR count). The Morgan fingerprint density at radius 3 is 2.66 bits per heavy atom. The van der Waals surface area contributed by atoms with Crippen molar-refractivity contribution in [3.8, 4) is 22.2 Å². The van der Waals surface area contributed by atoms with E-state index in [-0.39, 0.29) is 0 Å². The van der Waals surface area contributed by atoms with Gasteiger partial charge in [0.2, 0.25) is 5.89 Å². The Morgan fingerprint density at radius 1 is 0.931 bits per heavy atom. The molecule has 0 N–H and O–H groups in total. The molecule has 0 spiro atoms. The van der Waals surface area contributed by atoms with Gasteiger partial charge >= 0.3 is 0 Å². The van der Waals surface area contributed by atoms with Gasteiger partial charge in [-0.1, -0.05) is 18.2 Å². The third-order valence-electron chi connectivity index (χ3n) is 5.53. The molecule has 144 valence electrons. The minimum absolute atomic E-state index is 0.404. The molecule has 0 atom stereocenters. The molecular weight excluding hydrogens is 382 g/mol. The first kappa shape index (κ1) is 16.9. The minimum atomic E-state index is 0.404. The van der Waals surface area contributed by atoms with Crippen molar-refractivity contribution in [2.75, 3.05) is 13.2 Å². The number of rotatable bonds is 3. The van der Waals surface area contributed by atoms with Crippen LogP contribution >= 0.6 is 11.3 Å². The van der Waals surface area contributed by atoms with Gasteiger partial charge in [0.15, 0.2) is 11.4 Å². The maximum Gasteiger partial charge on any atom is 0.227 e. The molecule has 0 aliphatic carbocycles. The second kappa shape index (κ2) is 6.83. The Labute approximate surface area is 171 Å². The number of para-hydroxylation sites is 2. The summed E-state index contributed by atoms with van der Waals surface area (Å²) in [6, 6.07) is 18.8. The summed E-state index contributed by atoms with van der Waals surface area (Å²) in [5.41, 5.74) is 4.74. The second-order valence-corrected chi connectivity index (χ2v) is 8.26. The number of fused-ring (bicyclic) bond motifs is 2. The molecule has 0 radical (unpaired) electrons. The van der Waals surface area contributed by atoms with E-state index in [1.165, 1.54) is 4.88 Å². The van der Waals surface area contributed by atoms with E-state index in [4.69, 9.17) is 14.1 Å². The lowest BCUT2D eigenvalue weighted by Gasteiger charge is -2.25. The fourth-order valence-electron chi connectivity index (χ4n) is 4.12. The summed E-state index contributed by atoms with van der Waals surface area (Å²) in [4.78, 5) is 10.9. The van der Waals surface area contributed by atoms with E-state index in [0.717, 1.165) is 59.6 Å². The fraction of sp³-hybridized carbons (Fsp3) is 0.217. The first-order valence-corrected chi connectivity index (χ1v) is 10.7. The van der Waals surface area contributed by atoms with Gasteiger partial charge in [-0.3, -0.25) is 0 Å². The molecule has 29 heavy (non-hydrogen) atoms. The third kappa shape index (κ3) is 2.87. The number of ether oxygens (including phenoxy) is 1.